The molecule has 3 rings (SSSR count). The molecule has 0 bridgehead atoms. The van der Waals surface area contributed by atoms with Gasteiger partial charge in [0.25, 0.3) is 0 Å². The smallest absolute Gasteiger partial charge is 0.410 e. The number of rotatable bonds is 4. The van der Waals surface area contributed by atoms with Crippen LogP contribution in [0.15, 0.2) is 18.2 Å². The van der Waals surface area contributed by atoms with Crippen molar-refractivity contribution in [3.05, 3.63) is 23.8 Å². The summed E-state index contributed by atoms with van der Waals surface area (Å²) in [6, 6.07) is 4.33. The second-order valence-electron chi connectivity index (χ2n) is 5.26. The summed E-state index contributed by atoms with van der Waals surface area (Å²) in [6.07, 6.45) is -0.752. The van der Waals surface area contributed by atoms with Crippen LogP contribution in [-0.4, -0.2) is 56.0 Å². The van der Waals surface area contributed by atoms with E-state index >= 15 is 0 Å². The van der Waals surface area contributed by atoms with Crippen LogP contribution in [-0.2, 0) is 9.47 Å². The lowest BCUT2D eigenvalue weighted by Gasteiger charge is -2.30. The molecule has 22 heavy (non-hydrogen) atoms. The molecule has 0 aliphatic carbocycles. The normalized spacial score (nSPS) is 17.5. The Morgan fingerprint density at radius 1 is 1.27 bits per heavy atom. The predicted molar refractivity (Wildman–Crippen MR) is 75.2 cm³/mol. The van der Waals surface area contributed by atoms with Gasteiger partial charge in [-0.3, -0.25) is 4.79 Å². The number of fused-ring (bicyclic) bond motifs is 1. The van der Waals surface area contributed by atoms with Crippen LogP contribution >= 0.6 is 0 Å². The lowest BCUT2D eigenvalue weighted by Crippen LogP contribution is -2.45. The first-order valence-electron chi connectivity index (χ1n) is 7.01. The Morgan fingerprint density at radius 2 is 2.00 bits per heavy atom. The van der Waals surface area contributed by atoms with E-state index in [1.165, 1.54) is 11.9 Å². The van der Waals surface area contributed by atoms with E-state index in [0.29, 0.717) is 30.3 Å². The highest BCUT2D eigenvalue weighted by Gasteiger charge is 2.29. The molecule has 1 atom stereocenters. The Labute approximate surface area is 127 Å². The van der Waals surface area contributed by atoms with Crippen molar-refractivity contribution >= 4 is 11.9 Å². The SMILES string of the molecule is CC(C(=O)c1ccc2c(c1)OCO2)N(C)C(=O)OC1COC1. The molecule has 2 heterocycles. The van der Waals surface area contributed by atoms with Gasteiger partial charge in [-0.25, -0.2) is 4.79 Å². The van der Waals surface area contributed by atoms with Gasteiger partial charge in [0.1, 0.15) is 0 Å². The van der Waals surface area contributed by atoms with Gasteiger partial charge >= 0.3 is 6.09 Å². The molecule has 0 saturated carbocycles. The molecule has 2 aliphatic rings. The van der Waals surface area contributed by atoms with E-state index in [9.17, 15) is 9.59 Å². The number of amides is 1. The second kappa shape index (κ2) is 5.84. The fourth-order valence-corrected chi connectivity index (χ4v) is 2.13. The Hall–Kier alpha value is -2.28. The molecule has 1 aromatic carbocycles. The Balaban J connectivity index is 1.66. The summed E-state index contributed by atoms with van der Waals surface area (Å²) in [6.45, 7) is 2.62. The van der Waals surface area contributed by atoms with E-state index in [-0.39, 0.29) is 18.7 Å². The molecule has 1 unspecified atom stereocenters. The van der Waals surface area contributed by atoms with Crippen LogP contribution in [0.5, 0.6) is 11.5 Å². The highest BCUT2D eigenvalue weighted by molar-refractivity contribution is 6.01. The maximum atomic E-state index is 12.5. The molecule has 1 saturated heterocycles. The number of hydrogen-bond donors (Lipinski definition) is 0. The van der Waals surface area contributed by atoms with Crippen LogP contribution < -0.4 is 9.47 Å². The number of Topliss-reactive ketones (excluding diaryl/α,β-unsaturated/α-hetero) is 1. The van der Waals surface area contributed by atoms with E-state index in [0.717, 1.165) is 0 Å². The van der Waals surface area contributed by atoms with Gasteiger partial charge in [-0.1, -0.05) is 0 Å². The van der Waals surface area contributed by atoms with Crippen LogP contribution in [0.3, 0.4) is 0 Å². The van der Waals surface area contributed by atoms with Gasteiger partial charge in [0.2, 0.25) is 6.79 Å². The number of carbonyl (C=O) groups is 2. The van der Waals surface area contributed by atoms with Crippen molar-refractivity contribution in [3.8, 4) is 11.5 Å². The van der Waals surface area contributed by atoms with E-state index in [1.54, 1.807) is 25.1 Å². The van der Waals surface area contributed by atoms with Crippen LogP contribution in [0.4, 0.5) is 4.79 Å². The van der Waals surface area contributed by atoms with E-state index in [4.69, 9.17) is 18.9 Å². The number of likely N-dealkylation sites (N-methyl/N-ethyl adjacent to an activating group) is 1. The molecule has 7 nitrogen and oxygen atoms in total. The first-order chi connectivity index (χ1) is 10.6. The van der Waals surface area contributed by atoms with E-state index < -0.39 is 12.1 Å². The summed E-state index contributed by atoms with van der Waals surface area (Å²) in [5.41, 5.74) is 0.461. The van der Waals surface area contributed by atoms with Crippen LogP contribution in [0.1, 0.15) is 17.3 Å². The monoisotopic (exact) mass is 307 g/mol. The molecule has 7 heteroatoms. The first-order valence-corrected chi connectivity index (χ1v) is 7.01. The number of carbonyl (C=O) groups excluding carboxylic acids is 2. The lowest BCUT2D eigenvalue weighted by molar-refractivity contribution is -0.104. The van der Waals surface area contributed by atoms with Crippen molar-refractivity contribution in [1.82, 2.24) is 4.90 Å². The highest BCUT2D eigenvalue weighted by atomic mass is 16.7. The summed E-state index contributed by atoms with van der Waals surface area (Å²) >= 11 is 0. The van der Waals surface area contributed by atoms with Crippen LogP contribution in [0.2, 0.25) is 0 Å². The topological polar surface area (TPSA) is 74.3 Å². The van der Waals surface area contributed by atoms with Crippen molar-refractivity contribution < 1.29 is 28.5 Å². The number of ketones is 1. The summed E-state index contributed by atoms with van der Waals surface area (Å²) in [4.78, 5) is 25.7. The fraction of sp³-hybridized carbons (Fsp3) is 0.467. The average molecular weight is 307 g/mol. The summed E-state index contributed by atoms with van der Waals surface area (Å²) in [7, 11) is 1.54. The number of hydrogen-bond acceptors (Lipinski definition) is 6. The van der Waals surface area contributed by atoms with Crippen molar-refractivity contribution in [2.75, 3.05) is 27.1 Å². The maximum Gasteiger partial charge on any atom is 0.410 e. The zero-order chi connectivity index (χ0) is 15.7. The molecule has 1 aromatic rings. The molecular weight excluding hydrogens is 290 g/mol. The second-order valence-corrected chi connectivity index (χ2v) is 5.26. The minimum Gasteiger partial charge on any atom is -0.454 e. The molecular formula is C15H17NO6. The zero-order valence-electron chi connectivity index (χ0n) is 12.4. The summed E-state index contributed by atoms with van der Waals surface area (Å²) in [5, 5.41) is 0. The van der Waals surface area contributed by atoms with Gasteiger partial charge in [0.05, 0.1) is 19.3 Å². The van der Waals surface area contributed by atoms with E-state index in [2.05, 4.69) is 0 Å². The van der Waals surface area contributed by atoms with Gasteiger partial charge in [-0.15, -0.1) is 0 Å². The lowest BCUT2D eigenvalue weighted by atomic mass is 10.0. The molecule has 118 valence electrons. The third kappa shape index (κ3) is 2.71. The van der Waals surface area contributed by atoms with Gasteiger partial charge in [-0.2, -0.15) is 0 Å². The van der Waals surface area contributed by atoms with Gasteiger partial charge < -0.3 is 23.8 Å². The van der Waals surface area contributed by atoms with Crippen molar-refractivity contribution in [1.29, 1.82) is 0 Å². The largest absolute Gasteiger partial charge is 0.454 e. The quantitative estimate of drug-likeness (QED) is 0.784. The standard InChI is InChI=1S/C15H17NO6/c1-9(16(2)15(18)22-11-6-19-7-11)14(17)10-3-4-12-13(5-10)21-8-20-12/h3-5,9,11H,6-8H2,1-2H3. The third-order valence-electron chi connectivity index (χ3n) is 3.78. The van der Waals surface area contributed by atoms with Gasteiger partial charge in [-0.05, 0) is 25.1 Å². The number of ether oxygens (including phenoxy) is 4. The predicted octanol–water partition coefficient (Wildman–Crippen LogP) is 1.45. The average Bonchev–Trinajstić information content (AvgIpc) is 2.95. The molecule has 0 N–H and O–H groups in total. The fourth-order valence-electron chi connectivity index (χ4n) is 2.13. The molecule has 1 amide bonds. The van der Waals surface area contributed by atoms with Crippen molar-refractivity contribution in [2.24, 2.45) is 0 Å². The first kappa shape index (κ1) is 14.6. The Bertz CT molecular complexity index is 598. The minimum absolute atomic E-state index is 0.151. The molecule has 2 aliphatic heterocycles. The third-order valence-corrected chi connectivity index (χ3v) is 3.78. The number of benzene rings is 1. The summed E-state index contributed by atoms with van der Waals surface area (Å²) in [5.74, 6) is 0.958. The molecule has 0 spiro atoms. The van der Waals surface area contributed by atoms with Gasteiger partial charge in [0, 0.05) is 12.6 Å². The molecule has 0 aromatic heterocycles. The van der Waals surface area contributed by atoms with Crippen molar-refractivity contribution in [3.63, 3.8) is 0 Å². The summed E-state index contributed by atoms with van der Waals surface area (Å²) < 4.78 is 20.6. The maximum absolute atomic E-state index is 12.5. The Morgan fingerprint density at radius 3 is 2.68 bits per heavy atom. The highest BCUT2D eigenvalue weighted by Crippen LogP contribution is 2.33. The van der Waals surface area contributed by atoms with Crippen LogP contribution in [0.25, 0.3) is 0 Å². The number of nitrogens with zero attached hydrogens (tertiary/aromatic N) is 1. The molecule has 0 radical (unpaired) electrons. The minimum atomic E-state index is -0.645. The zero-order valence-corrected chi connectivity index (χ0v) is 12.4. The van der Waals surface area contributed by atoms with E-state index in [1.807, 2.05) is 0 Å². The molecule has 1 fully saturated rings. The van der Waals surface area contributed by atoms with Crippen LogP contribution in [0, 0.1) is 0 Å². The van der Waals surface area contributed by atoms with Gasteiger partial charge in [0.15, 0.2) is 23.4 Å². The van der Waals surface area contributed by atoms with Crippen molar-refractivity contribution in [2.45, 2.75) is 19.1 Å². The Kier molecular flexibility index (Phi) is 3.89.